The summed E-state index contributed by atoms with van der Waals surface area (Å²) in [7, 11) is -3.61. The lowest BCUT2D eigenvalue weighted by Crippen LogP contribution is -2.31. The molecule has 3 rings (SSSR count). The molecule has 3 aromatic rings. The maximum absolute atomic E-state index is 13.2. The zero-order valence-corrected chi connectivity index (χ0v) is 20.2. The molecule has 0 aliphatic carbocycles. The Kier molecular flexibility index (Phi) is 8.97. The van der Waals surface area contributed by atoms with Gasteiger partial charge >= 0.3 is 0 Å². The van der Waals surface area contributed by atoms with Gasteiger partial charge in [-0.2, -0.15) is 0 Å². The Morgan fingerprint density at radius 3 is 2.26 bits per heavy atom. The van der Waals surface area contributed by atoms with Crippen LogP contribution in [0.25, 0.3) is 0 Å². The molecule has 0 atom stereocenters. The molecule has 0 heterocycles. The molecule has 0 bridgehead atoms. The second-order valence-electron chi connectivity index (χ2n) is 8.00. The Bertz CT molecular complexity index is 1250. The monoisotopic (exact) mass is 497 g/mol. The second kappa shape index (κ2) is 12.1. The number of para-hydroxylation sites is 1. The van der Waals surface area contributed by atoms with E-state index >= 15 is 0 Å². The van der Waals surface area contributed by atoms with Gasteiger partial charge in [0, 0.05) is 19.5 Å². The first-order valence-corrected chi connectivity index (χ1v) is 13.0. The van der Waals surface area contributed by atoms with Gasteiger partial charge in [0.2, 0.25) is 15.9 Å². The molecular weight excluding hydrogens is 469 g/mol. The van der Waals surface area contributed by atoms with E-state index in [0.29, 0.717) is 29.9 Å². The van der Waals surface area contributed by atoms with Crippen LogP contribution in [0.2, 0.25) is 0 Å². The van der Waals surface area contributed by atoms with Crippen molar-refractivity contribution in [2.24, 2.45) is 0 Å². The second-order valence-corrected chi connectivity index (χ2v) is 9.91. The van der Waals surface area contributed by atoms with Crippen LogP contribution in [0.1, 0.15) is 28.8 Å². The van der Waals surface area contributed by atoms with Crippen LogP contribution in [0.5, 0.6) is 0 Å². The van der Waals surface area contributed by atoms with Crippen LogP contribution in [0, 0.1) is 5.82 Å². The molecule has 0 radical (unpaired) electrons. The van der Waals surface area contributed by atoms with E-state index in [1.165, 1.54) is 24.3 Å². The normalized spacial score (nSPS) is 11.0. The third kappa shape index (κ3) is 7.92. The maximum atomic E-state index is 13.2. The number of halogens is 1. The van der Waals surface area contributed by atoms with Crippen LogP contribution in [-0.4, -0.2) is 39.6 Å². The topological polar surface area (TPSA) is 95.6 Å². The first-order chi connectivity index (χ1) is 16.7. The van der Waals surface area contributed by atoms with Crippen molar-refractivity contribution in [2.75, 3.05) is 29.0 Å². The minimum Gasteiger partial charge on any atom is -0.352 e. The quantitative estimate of drug-likeness (QED) is 0.419. The van der Waals surface area contributed by atoms with Crippen molar-refractivity contribution in [1.29, 1.82) is 0 Å². The highest BCUT2D eigenvalue weighted by Crippen LogP contribution is 2.19. The number of carbonyl (C=O) groups is 2. The number of hydrogen-bond acceptors (Lipinski definition) is 4. The van der Waals surface area contributed by atoms with Gasteiger partial charge in [0.15, 0.2) is 0 Å². The molecule has 3 aromatic carbocycles. The van der Waals surface area contributed by atoms with E-state index in [0.717, 1.165) is 16.1 Å². The van der Waals surface area contributed by atoms with Gasteiger partial charge in [-0.1, -0.05) is 42.5 Å². The minimum atomic E-state index is -3.61. The van der Waals surface area contributed by atoms with Gasteiger partial charge in [-0.25, -0.2) is 12.8 Å². The largest absolute Gasteiger partial charge is 0.352 e. The highest BCUT2D eigenvalue weighted by atomic mass is 32.2. The van der Waals surface area contributed by atoms with Crippen molar-refractivity contribution < 1.29 is 22.4 Å². The molecular formula is C26H28FN3O4S. The fourth-order valence-corrected chi connectivity index (χ4v) is 4.51. The van der Waals surface area contributed by atoms with E-state index < -0.39 is 15.8 Å². The molecule has 184 valence electrons. The summed E-state index contributed by atoms with van der Waals surface area (Å²) in [5, 5.41) is 5.61. The molecule has 2 amide bonds. The third-order valence-electron chi connectivity index (χ3n) is 5.27. The standard InChI is InChI=1S/C26H28FN3O4S/c1-35(33,34)30(22-15-13-21(27)14-16-22)19-7-12-25(31)29-24-11-6-5-10-23(24)26(32)28-18-17-20-8-3-2-4-9-20/h2-6,8-11,13-16H,7,12,17-19H2,1H3,(H,28,32)(H,29,31). The van der Waals surface area contributed by atoms with Gasteiger partial charge in [0.1, 0.15) is 5.82 Å². The predicted octanol–water partition coefficient (Wildman–Crippen LogP) is 3.98. The van der Waals surface area contributed by atoms with Crippen LogP contribution >= 0.6 is 0 Å². The van der Waals surface area contributed by atoms with Gasteiger partial charge in [-0.15, -0.1) is 0 Å². The zero-order chi connectivity index (χ0) is 25.3. The number of amides is 2. The highest BCUT2D eigenvalue weighted by molar-refractivity contribution is 7.92. The maximum Gasteiger partial charge on any atom is 0.253 e. The van der Waals surface area contributed by atoms with Crippen LogP contribution in [0.3, 0.4) is 0 Å². The molecule has 35 heavy (non-hydrogen) atoms. The number of sulfonamides is 1. The van der Waals surface area contributed by atoms with Gasteiger partial charge in [-0.05, 0) is 54.8 Å². The summed E-state index contributed by atoms with van der Waals surface area (Å²) in [4.78, 5) is 25.2. The summed E-state index contributed by atoms with van der Waals surface area (Å²) in [6.07, 6.45) is 2.02. The van der Waals surface area contributed by atoms with Crippen molar-refractivity contribution in [2.45, 2.75) is 19.3 Å². The van der Waals surface area contributed by atoms with Crippen molar-refractivity contribution in [3.63, 3.8) is 0 Å². The van der Waals surface area contributed by atoms with E-state index in [2.05, 4.69) is 10.6 Å². The first-order valence-electron chi connectivity index (χ1n) is 11.2. The number of anilines is 2. The Labute approximate surface area is 205 Å². The van der Waals surface area contributed by atoms with Crippen molar-refractivity contribution in [3.05, 3.63) is 95.8 Å². The molecule has 9 heteroatoms. The van der Waals surface area contributed by atoms with Crippen LogP contribution < -0.4 is 14.9 Å². The van der Waals surface area contributed by atoms with Crippen LogP contribution in [0.15, 0.2) is 78.9 Å². The molecule has 2 N–H and O–H groups in total. The smallest absolute Gasteiger partial charge is 0.253 e. The molecule has 0 aliphatic heterocycles. The molecule has 0 unspecified atom stereocenters. The number of carbonyl (C=O) groups excluding carboxylic acids is 2. The summed E-state index contributed by atoms with van der Waals surface area (Å²) in [6.45, 7) is 0.509. The number of nitrogens with one attached hydrogen (secondary N) is 2. The van der Waals surface area contributed by atoms with Crippen LogP contribution in [-0.2, 0) is 21.2 Å². The SMILES string of the molecule is CS(=O)(=O)N(CCCC(=O)Nc1ccccc1C(=O)NCCc1ccccc1)c1ccc(F)cc1. The lowest BCUT2D eigenvalue weighted by molar-refractivity contribution is -0.116. The number of hydrogen-bond donors (Lipinski definition) is 2. The van der Waals surface area contributed by atoms with Gasteiger partial charge in [-0.3, -0.25) is 13.9 Å². The molecule has 7 nitrogen and oxygen atoms in total. The molecule has 0 saturated heterocycles. The molecule has 0 fully saturated rings. The first kappa shape index (κ1) is 25.9. The highest BCUT2D eigenvalue weighted by Gasteiger charge is 2.18. The minimum absolute atomic E-state index is 0.0389. The molecule has 0 aromatic heterocycles. The van der Waals surface area contributed by atoms with E-state index in [-0.39, 0.29) is 31.2 Å². The van der Waals surface area contributed by atoms with Crippen molar-refractivity contribution >= 4 is 33.2 Å². The fraction of sp³-hybridized carbons (Fsp3) is 0.231. The summed E-state index contributed by atoms with van der Waals surface area (Å²) < 4.78 is 38.7. The Morgan fingerprint density at radius 1 is 0.914 bits per heavy atom. The average molecular weight is 498 g/mol. The summed E-state index contributed by atoms with van der Waals surface area (Å²) in [6, 6.07) is 21.6. The summed E-state index contributed by atoms with van der Waals surface area (Å²) >= 11 is 0. The van der Waals surface area contributed by atoms with E-state index in [1.807, 2.05) is 30.3 Å². The Morgan fingerprint density at radius 2 is 1.57 bits per heavy atom. The number of nitrogens with zero attached hydrogens (tertiary/aromatic N) is 1. The molecule has 0 spiro atoms. The average Bonchev–Trinajstić information content (AvgIpc) is 2.83. The summed E-state index contributed by atoms with van der Waals surface area (Å²) in [5.41, 5.74) is 2.16. The lowest BCUT2D eigenvalue weighted by Gasteiger charge is -2.22. The molecule has 0 aliphatic rings. The van der Waals surface area contributed by atoms with Crippen molar-refractivity contribution in [3.8, 4) is 0 Å². The summed E-state index contributed by atoms with van der Waals surface area (Å²) in [5.74, 6) is -1.11. The van der Waals surface area contributed by atoms with Crippen molar-refractivity contribution in [1.82, 2.24) is 5.32 Å². The Hall–Kier alpha value is -3.72. The Balaban J connectivity index is 1.55. The van der Waals surface area contributed by atoms with Gasteiger partial charge in [0.05, 0.1) is 23.2 Å². The fourth-order valence-electron chi connectivity index (χ4n) is 3.54. The zero-order valence-electron chi connectivity index (χ0n) is 19.4. The molecule has 0 saturated carbocycles. The number of benzene rings is 3. The van der Waals surface area contributed by atoms with Crippen LogP contribution in [0.4, 0.5) is 15.8 Å². The van der Waals surface area contributed by atoms with E-state index in [9.17, 15) is 22.4 Å². The number of rotatable bonds is 11. The lowest BCUT2D eigenvalue weighted by atomic mass is 10.1. The van der Waals surface area contributed by atoms with Gasteiger partial charge < -0.3 is 10.6 Å². The van der Waals surface area contributed by atoms with E-state index in [4.69, 9.17) is 0 Å². The van der Waals surface area contributed by atoms with Gasteiger partial charge in [0.25, 0.3) is 5.91 Å². The third-order valence-corrected chi connectivity index (χ3v) is 6.46. The predicted molar refractivity (Wildman–Crippen MR) is 135 cm³/mol. The van der Waals surface area contributed by atoms with E-state index in [1.54, 1.807) is 24.3 Å².